The summed E-state index contributed by atoms with van der Waals surface area (Å²) in [4.78, 5) is 2.72. The van der Waals surface area contributed by atoms with Crippen molar-refractivity contribution in [2.75, 3.05) is 4.90 Å². The van der Waals surface area contributed by atoms with Gasteiger partial charge in [-0.25, -0.2) is 0 Å². The van der Waals surface area contributed by atoms with Crippen molar-refractivity contribution < 1.29 is 0 Å². The van der Waals surface area contributed by atoms with Gasteiger partial charge in [-0.2, -0.15) is 0 Å². The molecule has 0 saturated carbocycles. The standard InChI is InChI=1S/C96H102B2N4/c1-55-43-57(3)86(58(4)44-55)97-74-51-65(95(19,20)21)35-41-82(74)102-83-42-36-66(96(22,23)24)52-75(83)98(87-59(5)45-56(2)46-60(87)6)77-54-67(53-76(97)90(77)102)99-88-68(27-25-29-84(88)100-78-37-31-61(91(7,8)9)47-70(78)71-48-62(92(10,11)12)32-38-79(71)100)69-28-26-30-85(89(69)99)101-80-39-33-63(93(13,14)15)49-72(80)73-50-64(94(16,17)18)34-40-81(73)101/h25-54H,1-24H3. The second kappa shape index (κ2) is 22.6. The molecule has 102 heavy (non-hydrogen) atoms. The van der Waals surface area contributed by atoms with Crippen molar-refractivity contribution in [3.8, 4) is 17.1 Å². The molecule has 512 valence electrons. The maximum Gasteiger partial charge on any atom is 0.247 e. The summed E-state index contributed by atoms with van der Waals surface area (Å²) in [5.41, 5.74) is 37.8. The Balaban J connectivity index is 1.15. The van der Waals surface area contributed by atoms with Crippen LogP contribution in [-0.2, 0) is 32.5 Å². The van der Waals surface area contributed by atoms with Crippen LogP contribution in [0.2, 0.25) is 0 Å². The highest BCUT2D eigenvalue weighted by atomic mass is 15.2. The Hall–Kier alpha value is -9.25. The van der Waals surface area contributed by atoms with Crippen molar-refractivity contribution in [1.82, 2.24) is 13.7 Å². The van der Waals surface area contributed by atoms with E-state index in [0.29, 0.717) is 0 Å². The molecule has 0 saturated heterocycles. The van der Waals surface area contributed by atoms with Crippen LogP contribution < -0.4 is 37.7 Å². The molecule has 11 aromatic carbocycles. The second-order valence-electron chi connectivity index (χ2n) is 37.1. The number of hydrogen-bond donors (Lipinski definition) is 0. The van der Waals surface area contributed by atoms with E-state index in [1.54, 1.807) is 0 Å². The molecule has 0 radical (unpaired) electrons. The van der Waals surface area contributed by atoms with E-state index >= 15 is 0 Å². The molecule has 16 rings (SSSR count). The summed E-state index contributed by atoms with van der Waals surface area (Å²) in [6.45, 7) is 56.3. The zero-order valence-corrected chi connectivity index (χ0v) is 65.3. The third-order valence-corrected chi connectivity index (χ3v) is 23.4. The van der Waals surface area contributed by atoms with E-state index in [1.807, 2.05) is 0 Å². The molecule has 2 aliphatic rings. The van der Waals surface area contributed by atoms with Gasteiger partial charge < -0.3 is 18.6 Å². The number of anilines is 3. The van der Waals surface area contributed by atoms with Crippen molar-refractivity contribution in [2.45, 2.75) is 199 Å². The maximum absolute atomic E-state index is 2.77. The summed E-state index contributed by atoms with van der Waals surface area (Å²) in [5, 5.41) is 7.51. The summed E-state index contributed by atoms with van der Waals surface area (Å²) >= 11 is 0. The zero-order chi connectivity index (χ0) is 72.5. The third-order valence-electron chi connectivity index (χ3n) is 23.4. The topological polar surface area (TPSA) is 18.0 Å². The first kappa shape index (κ1) is 67.2. The molecule has 2 aliphatic heterocycles. The summed E-state index contributed by atoms with van der Waals surface area (Å²) in [5.74, 6) is 0. The van der Waals surface area contributed by atoms with E-state index in [9.17, 15) is 0 Å². The fourth-order valence-electron chi connectivity index (χ4n) is 18.2. The minimum atomic E-state index is -0.131. The first-order chi connectivity index (χ1) is 47.9. The van der Waals surface area contributed by atoms with E-state index in [-0.39, 0.29) is 45.9 Å². The first-order valence-corrected chi connectivity index (χ1v) is 37.5. The molecule has 0 atom stereocenters. The van der Waals surface area contributed by atoms with Gasteiger partial charge in [-0.15, -0.1) is 0 Å². The SMILES string of the molecule is Cc1cc(C)c(B2c3cc(C(C)(C)C)ccc3N3c4ccc(C(C)(C)C)cc4B(c4c(C)cc(C)cc4C)c4cc(-n5c6c(-n7c8ccc(C(C)(C)C)cc8c8cc(C(C)(C)C)ccc87)cccc6c6cccc(-n7c8ccc(C(C)(C)C)cc8c8cc(C(C)(C)C)ccc87)c65)cc2c43)c(C)c1. The van der Waals surface area contributed by atoms with Gasteiger partial charge in [0.05, 0.1) is 44.5 Å². The van der Waals surface area contributed by atoms with E-state index in [1.165, 1.54) is 182 Å². The molecule has 0 unspecified atom stereocenters. The lowest BCUT2D eigenvalue weighted by molar-refractivity contribution is 0.590. The van der Waals surface area contributed by atoms with Crippen LogP contribution in [0.5, 0.6) is 0 Å². The van der Waals surface area contributed by atoms with Gasteiger partial charge in [0.15, 0.2) is 0 Å². The molecule has 0 bridgehead atoms. The van der Waals surface area contributed by atoms with E-state index in [4.69, 9.17) is 0 Å². The lowest BCUT2D eigenvalue weighted by Crippen LogP contribution is -2.66. The molecule has 6 heteroatoms. The Bertz CT molecular complexity index is 5370. The van der Waals surface area contributed by atoms with E-state index in [0.717, 1.165) is 17.1 Å². The minimum Gasteiger partial charge on any atom is -0.313 e. The number of nitrogens with zero attached hydrogens (tertiary/aromatic N) is 4. The molecule has 0 amide bonds. The predicted octanol–water partition coefficient (Wildman–Crippen LogP) is 21.7. The molecular weight excluding hydrogens is 1230 g/mol. The average molecular weight is 1330 g/mol. The highest BCUT2D eigenvalue weighted by molar-refractivity contribution is 7.02. The zero-order valence-electron chi connectivity index (χ0n) is 65.3. The monoisotopic (exact) mass is 1330 g/mol. The fourth-order valence-corrected chi connectivity index (χ4v) is 18.2. The van der Waals surface area contributed by atoms with E-state index in [2.05, 4.69) is 367 Å². The van der Waals surface area contributed by atoms with Crippen LogP contribution >= 0.6 is 0 Å². The van der Waals surface area contributed by atoms with Crippen LogP contribution in [0.25, 0.3) is 82.5 Å². The lowest BCUT2D eigenvalue weighted by atomic mass is 9.29. The molecule has 4 nitrogen and oxygen atoms in total. The number of para-hydroxylation sites is 2. The van der Waals surface area contributed by atoms with Gasteiger partial charge in [0.1, 0.15) is 0 Å². The van der Waals surface area contributed by atoms with E-state index < -0.39 is 0 Å². The number of fused-ring (bicyclic) bond motifs is 13. The Morgan fingerprint density at radius 1 is 0.255 bits per heavy atom. The number of aryl methyl sites for hydroxylation is 6. The molecule has 14 aromatic rings. The minimum absolute atomic E-state index is 0.0600. The van der Waals surface area contributed by atoms with Crippen molar-refractivity contribution in [2.24, 2.45) is 0 Å². The molecule has 0 N–H and O–H groups in total. The molecule has 5 heterocycles. The number of rotatable bonds is 5. The molecule has 3 aromatic heterocycles. The van der Waals surface area contributed by atoms with Crippen molar-refractivity contribution in [3.05, 3.63) is 249 Å². The molecular formula is C96H102B2N4. The first-order valence-electron chi connectivity index (χ1n) is 37.5. The second-order valence-corrected chi connectivity index (χ2v) is 37.1. The van der Waals surface area contributed by atoms with Crippen LogP contribution in [0.3, 0.4) is 0 Å². The maximum atomic E-state index is 2.77. The van der Waals surface area contributed by atoms with Gasteiger partial charge in [-0.1, -0.05) is 266 Å². The Morgan fingerprint density at radius 3 is 0.833 bits per heavy atom. The summed E-state index contributed by atoms with van der Waals surface area (Å²) in [6.07, 6.45) is 0. The average Bonchev–Trinajstić information content (AvgIpc) is 0.899. The quantitative estimate of drug-likeness (QED) is 0.157. The number of aromatic nitrogens is 3. The Morgan fingerprint density at radius 2 is 0.539 bits per heavy atom. The van der Waals surface area contributed by atoms with Crippen molar-refractivity contribution in [1.29, 1.82) is 0 Å². The summed E-state index contributed by atoms with van der Waals surface area (Å²) in [6, 6.07) is 73.8. The Kier molecular flexibility index (Phi) is 14.9. The smallest absolute Gasteiger partial charge is 0.247 e. The van der Waals surface area contributed by atoms with Gasteiger partial charge >= 0.3 is 0 Å². The lowest BCUT2D eigenvalue weighted by Gasteiger charge is -2.45. The predicted molar refractivity (Wildman–Crippen MR) is 447 cm³/mol. The highest BCUT2D eigenvalue weighted by Gasteiger charge is 2.47. The van der Waals surface area contributed by atoms with Crippen LogP contribution in [-0.4, -0.2) is 27.1 Å². The van der Waals surface area contributed by atoms with Crippen molar-refractivity contribution in [3.63, 3.8) is 0 Å². The van der Waals surface area contributed by atoms with Gasteiger partial charge in [-0.3, -0.25) is 0 Å². The van der Waals surface area contributed by atoms with Crippen LogP contribution in [0.15, 0.2) is 182 Å². The molecule has 0 fully saturated rings. The van der Waals surface area contributed by atoms with Crippen LogP contribution in [0.4, 0.5) is 17.1 Å². The van der Waals surface area contributed by atoms with Gasteiger partial charge in [0.2, 0.25) is 13.4 Å². The normalized spacial score (nSPS) is 13.8. The van der Waals surface area contributed by atoms with Crippen LogP contribution in [0.1, 0.15) is 191 Å². The Labute approximate surface area is 608 Å². The summed E-state index contributed by atoms with van der Waals surface area (Å²) in [7, 11) is 0. The third kappa shape index (κ3) is 10.4. The fraction of sp³-hybridized carbons (Fsp3) is 0.312. The van der Waals surface area contributed by atoms with Gasteiger partial charge in [0, 0.05) is 55.1 Å². The largest absolute Gasteiger partial charge is 0.313 e. The van der Waals surface area contributed by atoms with Crippen LogP contribution in [0, 0.1) is 41.5 Å². The van der Waals surface area contributed by atoms with Gasteiger partial charge in [-0.05, 0) is 214 Å². The molecule has 0 spiro atoms. The number of benzene rings is 11. The summed E-state index contributed by atoms with van der Waals surface area (Å²) < 4.78 is 8.03. The number of hydrogen-bond acceptors (Lipinski definition) is 1. The van der Waals surface area contributed by atoms with Gasteiger partial charge in [0.25, 0.3) is 0 Å². The molecule has 0 aliphatic carbocycles. The highest BCUT2D eigenvalue weighted by Crippen LogP contribution is 2.48. The van der Waals surface area contributed by atoms with Crippen molar-refractivity contribution >= 4 is 129 Å².